The van der Waals surface area contributed by atoms with Crippen LogP contribution in [0, 0.1) is 0 Å². The minimum absolute atomic E-state index is 0.119. The van der Waals surface area contributed by atoms with Crippen LogP contribution in [0.15, 0.2) is 18.2 Å². The molecule has 2 aliphatic carbocycles. The van der Waals surface area contributed by atoms with Gasteiger partial charge in [-0.15, -0.1) is 0 Å². The average Bonchev–Trinajstić information content (AvgIpc) is 2.34. The summed E-state index contributed by atoms with van der Waals surface area (Å²) in [6.07, 6.45) is 7.55. The van der Waals surface area contributed by atoms with Gasteiger partial charge in [0, 0.05) is 17.5 Å². The predicted octanol–water partition coefficient (Wildman–Crippen LogP) is 3.01. The maximum absolute atomic E-state index is 6.21. The quantitative estimate of drug-likeness (QED) is 0.886. The molecule has 1 aromatic carbocycles. The molecule has 0 radical (unpaired) electrons. The molecule has 0 heterocycles. The molecule has 3 heteroatoms. The first-order valence-corrected chi connectivity index (χ1v) is 7.33. The smallest absolute Gasteiger partial charge is 0.165 e. The molecule has 0 bridgehead atoms. The Kier molecular flexibility index (Phi) is 3.40. The van der Waals surface area contributed by atoms with Crippen molar-refractivity contribution < 1.29 is 9.47 Å². The van der Waals surface area contributed by atoms with E-state index < -0.39 is 0 Å². The highest BCUT2D eigenvalue weighted by Crippen LogP contribution is 2.49. The van der Waals surface area contributed by atoms with Crippen molar-refractivity contribution in [2.45, 2.75) is 50.0 Å². The van der Waals surface area contributed by atoms with Gasteiger partial charge in [-0.25, -0.2) is 0 Å². The molecular formula is C16H23NO2. The lowest BCUT2D eigenvalue weighted by atomic mass is 9.64. The first-order valence-electron chi connectivity index (χ1n) is 7.33. The summed E-state index contributed by atoms with van der Waals surface area (Å²) in [7, 11) is 1.71. The molecule has 3 rings (SSSR count). The van der Waals surface area contributed by atoms with Crippen molar-refractivity contribution in [2.24, 2.45) is 5.73 Å². The minimum Gasteiger partial charge on any atom is -0.493 e. The van der Waals surface area contributed by atoms with Crippen molar-refractivity contribution >= 4 is 0 Å². The van der Waals surface area contributed by atoms with E-state index in [4.69, 9.17) is 15.2 Å². The summed E-state index contributed by atoms with van der Waals surface area (Å²) >= 11 is 0. The largest absolute Gasteiger partial charge is 0.493 e. The first-order chi connectivity index (χ1) is 9.29. The molecule has 0 atom stereocenters. The Balaban J connectivity index is 1.97. The summed E-state index contributed by atoms with van der Waals surface area (Å²) in [5.74, 6) is 1.80. The SMILES string of the molecule is COc1cccc(C2(CN)CCC2)c1OC1CCC1. The molecule has 2 saturated carbocycles. The molecular weight excluding hydrogens is 238 g/mol. The monoisotopic (exact) mass is 261 g/mol. The normalized spacial score (nSPS) is 21.4. The topological polar surface area (TPSA) is 44.5 Å². The molecule has 0 spiro atoms. The number of rotatable bonds is 5. The summed E-state index contributed by atoms with van der Waals surface area (Å²) in [6.45, 7) is 0.696. The molecule has 0 saturated heterocycles. The van der Waals surface area contributed by atoms with Gasteiger partial charge in [0.1, 0.15) is 0 Å². The molecule has 2 N–H and O–H groups in total. The molecule has 0 aliphatic heterocycles. The highest BCUT2D eigenvalue weighted by Gasteiger charge is 2.40. The lowest BCUT2D eigenvalue weighted by molar-refractivity contribution is 0.109. The summed E-state index contributed by atoms with van der Waals surface area (Å²) in [5, 5.41) is 0. The van der Waals surface area contributed by atoms with Gasteiger partial charge in [0.15, 0.2) is 11.5 Å². The number of hydrogen-bond donors (Lipinski definition) is 1. The number of para-hydroxylation sites is 1. The number of methoxy groups -OCH3 is 1. The van der Waals surface area contributed by atoms with Crippen molar-refractivity contribution in [3.05, 3.63) is 23.8 Å². The van der Waals surface area contributed by atoms with Crippen molar-refractivity contribution in [2.75, 3.05) is 13.7 Å². The number of nitrogens with two attached hydrogens (primary N) is 1. The van der Waals surface area contributed by atoms with E-state index in [9.17, 15) is 0 Å². The summed E-state index contributed by atoms with van der Waals surface area (Å²) in [5.41, 5.74) is 7.42. The second-order valence-electron chi connectivity index (χ2n) is 5.85. The molecule has 2 aliphatic rings. The van der Waals surface area contributed by atoms with Crippen molar-refractivity contribution in [3.63, 3.8) is 0 Å². The molecule has 3 nitrogen and oxygen atoms in total. The predicted molar refractivity (Wildman–Crippen MR) is 75.8 cm³/mol. The Hall–Kier alpha value is -1.22. The van der Waals surface area contributed by atoms with E-state index in [0.29, 0.717) is 12.6 Å². The highest BCUT2D eigenvalue weighted by molar-refractivity contribution is 5.51. The first kappa shape index (κ1) is 12.8. The van der Waals surface area contributed by atoms with Gasteiger partial charge in [-0.2, -0.15) is 0 Å². The van der Waals surface area contributed by atoms with Crippen LogP contribution in [0.2, 0.25) is 0 Å². The third kappa shape index (κ3) is 2.10. The second-order valence-corrected chi connectivity index (χ2v) is 5.85. The lowest BCUT2D eigenvalue weighted by Gasteiger charge is -2.43. The van der Waals surface area contributed by atoms with Gasteiger partial charge in [-0.1, -0.05) is 18.6 Å². The van der Waals surface area contributed by atoms with E-state index in [1.807, 2.05) is 6.07 Å². The van der Waals surface area contributed by atoms with E-state index in [1.54, 1.807) is 7.11 Å². The molecule has 104 valence electrons. The van der Waals surface area contributed by atoms with Gasteiger partial charge >= 0.3 is 0 Å². The minimum atomic E-state index is 0.119. The van der Waals surface area contributed by atoms with Crippen LogP contribution in [-0.4, -0.2) is 19.8 Å². The maximum atomic E-state index is 6.21. The van der Waals surface area contributed by atoms with Crippen LogP contribution in [0.5, 0.6) is 11.5 Å². The molecule has 1 aromatic rings. The van der Waals surface area contributed by atoms with Crippen LogP contribution in [0.1, 0.15) is 44.1 Å². The number of ether oxygens (including phenoxy) is 2. The van der Waals surface area contributed by atoms with Gasteiger partial charge < -0.3 is 15.2 Å². The standard InChI is InChI=1S/C16H23NO2/c1-18-14-8-3-7-13(16(11-17)9-4-10-16)15(14)19-12-5-2-6-12/h3,7-8,12H,2,4-6,9-11,17H2,1H3. The van der Waals surface area contributed by atoms with Crippen molar-refractivity contribution in [1.29, 1.82) is 0 Å². The van der Waals surface area contributed by atoms with Crippen molar-refractivity contribution in [1.82, 2.24) is 0 Å². The fraction of sp³-hybridized carbons (Fsp3) is 0.625. The van der Waals surface area contributed by atoms with E-state index >= 15 is 0 Å². The van der Waals surface area contributed by atoms with Crippen LogP contribution in [0.4, 0.5) is 0 Å². The molecule has 0 amide bonds. The van der Waals surface area contributed by atoms with Gasteiger partial charge in [0.2, 0.25) is 0 Å². The lowest BCUT2D eigenvalue weighted by Crippen LogP contribution is -2.42. The van der Waals surface area contributed by atoms with Crippen LogP contribution in [-0.2, 0) is 5.41 Å². The molecule has 19 heavy (non-hydrogen) atoms. The summed E-state index contributed by atoms with van der Waals surface area (Å²) in [4.78, 5) is 0. The van der Waals surface area contributed by atoms with Crippen LogP contribution < -0.4 is 15.2 Å². The second kappa shape index (κ2) is 5.04. The molecule has 0 aromatic heterocycles. The Bertz CT molecular complexity index is 445. The fourth-order valence-corrected chi connectivity index (χ4v) is 3.06. The summed E-state index contributed by atoms with van der Waals surface area (Å²) < 4.78 is 11.7. The average molecular weight is 261 g/mol. The Morgan fingerprint density at radius 3 is 2.53 bits per heavy atom. The number of benzene rings is 1. The van der Waals surface area contributed by atoms with Crippen LogP contribution in [0.3, 0.4) is 0 Å². The zero-order chi connectivity index (χ0) is 13.3. The molecule has 0 unspecified atom stereocenters. The van der Waals surface area contributed by atoms with Crippen LogP contribution in [0.25, 0.3) is 0 Å². The van der Waals surface area contributed by atoms with Crippen LogP contribution >= 0.6 is 0 Å². The zero-order valence-corrected chi connectivity index (χ0v) is 11.7. The van der Waals surface area contributed by atoms with Gasteiger partial charge in [-0.3, -0.25) is 0 Å². The van der Waals surface area contributed by atoms with E-state index in [-0.39, 0.29) is 5.41 Å². The zero-order valence-electron chi connectivity index (χ0n) is 11.7. The fourth-order valence-electron chi connectivity index (χ4n) is 3.06. The third-order valence-electron chi connectivity index (χ3n) is 4.81. The maximum Gasteiger partial charge on any atom is 0.165 e. The Morgan fingerprint density at radius 1 is 1.26 bits per heavy atom. The summed E-state index contributed by atoms with van der Waals surface area (Å²) in [6, 6.07) is 6.21. The van der Waals surface area contributed by atoms with E-state index in [1.165, 1.54) is 18.4 Å². The number of hydrogen-bond acceptors (Lipinski definition) is 3. The third-order valence-corrected chi connectivity index (χ3v) is 4.81. The van der Waals surface area contributed by atoms with Gasteiger partial charge in [-0.05, 0) is 38.2 Å². The van der Waals surface area contributed by atoms with Crippen molar-refractivity contribution in [3.8, 4) is 11.5 Å². The highest BCUT2D eigenvalue weighted by atomic mass is 16.5. The molecule has 2 fully saturated rings. The van der Waals surface area contributed by atoms with Gasteiger partial charge in [0.25, 0.3) is 0 Å². The van der Waals surface area contributed by atoms with E-state index in [0.717, 1.165) is 37.2 Å². The Labute approximate surface area is 115 Å². The van der Waals surface area contributed by atoms with Gasteiger partial charge in [0.05, 0.1) is 13.2 Å². The van der Waals surface area contributed by atoms with E-state index in [2.05, 4.69) is 12.1 Å². The Morgan fingerprint density at radius 2 is 2.05 bits per heavy atom.